The normalized spacial score (nSPS) is 9.18. The Morgan fingerprint density at radius 3 is 2.06 bits per heavy atom. The molecule has 0 spiro atoms. The lowest BCUT2D eigenvalue weighted by molar-refractivity contribution is 0.415. The summed E-state index contributed by atoms with van der Waals surface area (Å²) >= 11 is 0. The van der Waals surface area contributed by atoms with Crippen molar-refractivity contribution in [1.82, 2.24) is 9.97 Å². The van der Waals surface area contributed by atoms with Crippen LogP contribution in [0.5, 0.6) is 5.75 Å². The fourth-order valence-electron chi connectivity index (χ4n) is 1.30. The van der Waals surface area contributed by atoms with E-state index < -0.39 is 0 Å². The van der Waals surface area contributed by atoms with Crippen LogP contribution in [0, 0.1) is 6.92 Å². The molecule has 0 saturated heterocycles. The van der Waals surface area contributed by atoms with Gasteiger partial charge in [0.1, 0.15) is 5.75 Å². The molecule has 0 aliphatic carbocycles. The molecule has 90 valence electrons. The highest BCUT2D eigenvalue weighted by atomic mass is 16.5. The van der Waals surface area contributed by atoms with Crippen molar-refractivity contribution < 1.29 is 4.74 Å². The highest BCUT2D eigenvalue weighted by Gasteiger charge is 1.99. The van der Waals surface area contributed by atoms with E-state index in [1.54, 1.807) is 19.5 Å². The first kappa shape index (κ1) is 13.2. The Balaban J connectivity index is 0.000000686. The van der Waals surface area contributed by atoms with Crippen molar-refractivity contribution in [2.45, 2.75) is 20.8 Å². The van der Waals surface area contributed by atoms with E-state index in [1.807, 2.05) is 45.0 Å². The van der Waals surface area contributed by atoms with E-state index >= 15 is 0 Å². The van der Waals surface area contributed by atoms with Crippen LogP contribution in [0.2, 0.25) is 0 Å². The van der Waals surface area contributed by atoms with Gasteiger partial charge in [0.2, 0.25) is 0 Å². The average Bonchev–Trinajstić information content (AvgIpc) is 2.42. The molecular weight excluding hydrogens is 212 g/mol. The van der Waals surface area contributed by atoms with E-state index in [-0.39, 0.29) is 0 Å². The molecule has 1 aromatic heterocycles. The third-order valence-corrected chi connectivity index (χ3v) is 2.17. The van der Waals surface area contributed by atoms with Crippen LogP contribution in [-0.2, 0) is 0 Å². The van der Waals surface area contributed by atoms with Gasteiger partial charge in [-0.25, -0.2) is 0 Å². The molecule has 2 aromatic rings. The van der Waals surface area contributed by atoms with Gasteiger partial charge in [-0.3, -0.25) is 9.97 Å². The standard InChI is InChI=1S/C12H12N2O.C2H6/c1-9-7-14-12(8-13-9)10-3-5-11(15-2)6-4-10;1-2/h3-8H,1-2H3;1-2H3. The SMILES string of the molecule is CC.COc1ccc(-c2cnc(C)cn2)cc1. The van der Waals surface area contributed by atoms with E-state index in [4.69, 9.17) is 4.74 Å². The van der Waals surface area contributed by atoms with Gasteiger partial charge in [0.05, 0.1) is 24.7 Å². The second-order valence-corrected chi connectivity index (χ2v) is 3.27. The minimum absolute atomic E-state index is 0.846. The second kappa shape index (κ2) is 6.63. The number of hydrogen-bond acceptors (Lipinski definition) is 3. The molecular formula is C14H18N2O. The summed E-state index contributed by atoms with van der Waals surface area (Å²) in [4.78, 5) is 8.51. The number of nitrogens with zero attached hydrogens (tertiary/aromatic N) is 2. The summed E-state index contributed by atoms with van der Waals surface area (Å²) in [7, 11) is 1.65. The average molecular weight is 230 g/mol. The first-order valence-corrected chi connectivity index (χ1v) is 5.72. The minimum Gasteiger partial charge on any atom is -0.497 e. The van der Waals surface area contributed by atoms with Gasteiger partial charge >= 0.3 is 0 Å². The number of rotatable bonds is 2. The maximum Gasteiger partial charge on any atom is 0.118 e. The quantitative estimate of drug-likeness (QED) is 0.792. The highest BCUT2D eigenvalue weighted by molar-refractivity contribution is 5.58. The molecule has 3 heteroatoms. The summed E-state index contributed by atoms with van der Waals surface area (Å²) in [5.74, 6) is 0.846. The number of aryl methyl sites for hydroxylation is 1. The van der Waals surface area contributed by atoms with Gasteiger partial charge < -0.3 is 4.74 Å². The Kier molecular flexibility index (Phi) is 5.14. The number of aromatic nitrogens is 2. The van der Waals surface area contributed by atoms with E-state index in [0.717, 1.165) is 22.7 Å². The van der Waals surface area contributed by atoms with Crippen molar-refractivity contribution in [2.75, 3.05) is 7.11 Å². The Labute approximate surface area is 103 Å². The van der Waals surface area contributed by atoms with Gasteiger partial charge in [0.25, 0.3) is 0 Å². The summed E-state index contributed by atoms with van der Waals surface area (Å²) in [5, 5.41) is 0. The van der Waals surface area contributed by atoms with Gasteiger partial charge in [0.15, 0.2) is 0 Å². The Hall–Kier alpha value is -1.90. The zero-order valence-electron chi connectivity index (χ0n) is 10.8. The molecule has 0 unspecified atom stereocenters. The predicted octanol–water partition coefficient (Wildman–Crippen LogP) is 3.49. The van der Waals surface area contributed by atoms with Gasteiger partial charge in [0, 0.05) is 11.8 Å². The van der Waals surface area contributed by atoms with E-state index in [0.29, 0.717) is 0 Å². The third-order valence-electron chi connectivity index (χ3n) is 2.17. The van der Waals surface area contributed by atoms with Gasteiger partial charge in [-0.1, -0.05) is 13.8 Å². The second-order valence-electron chi connectivity index (χ2n) is 3.27. The van der Waals surface area contributed by atoms with E-state index in [1.165, 1.54) is 0 Å². The van der Waals surface area contributed by atoms with Crippen LogP contribution in [0.4, 0.5) is 0 Å². The largest absolute Gasteiger partial charge is 0.497 e. The summed E-state index contributed by atoms with van der Waals surface area (Å²) in [6.45, 7) is 5.92. The van der Waals surface area contributed by atoms with Gasteiger partial charge in [-0.2, -0.15) is 0 Å². The summed E-state index contributed by atoms with van der Waals surface area (Å²) in [6.07, 6.45) is 3.54. The molecule has 0 saturated carbocycles. The van der Waals surface area contributed by atoms with Crippen molar-refractivity contribution in [3.05, 3.63) is 42.4 Å². The first-order valence-electron chi connectivity index (χ1n) is 5.72. The molecule has 2 rings (SSSR count). The van der Waals surface area contributed by atoms with Crippen molar-refractivity contribution >= 4 is 0 Å². The molecule has 3 nitrogen and oxygen atoms in total. The number of ether oxygens (including phenoxy) is 1. The summed E-state index contributed by atoms with van der Waals surface area (Å²) in [5.41, 5.74) is 2.85. The molecule has 0 radical (unpaired) electrons. The molecule has 17 heavy (non-hydrogen) atoms. The number of hydrogen-bond donors (Lipinski definition) is 0. The molecule has 1 heterocycles. The molecule has 0 aliphatic rings. The lowest BCUT2D eigenvalue weighted by atomic mass is 10.1. The maximum absolute atomic E-state index is 5.09. The highest BCUT2D eigenvalue weighted by Crippen LogP contribution is 2.19. The van der Waals surface area contributed by atoms with Crippen molar-refractivity contribution in [3.8, 4) is 17.0 Å². The molecule has 1 aromatic carbocycles. The molecule has 0 bridgehead atoms. The zero-order chi connectivity index (χ0) is 12.7. The minimum atomic E-state index is 0.846. The first-order chi connectivity index (χ1) is 8.29. The fraction of sp³-hybridized carbons (Fsp3) is 0.286. The Morgan fingerprint density at radius 1 is 0.941 bits per heavy atom. The van der Waals surface area contributed by atoms with Crippen molar-refractivity contribution in [2.24, 2.45) is 0 Å². The van der Waals surface area contributed by atoms with Crippen LogP contribution < -0.4 is 4.74 Å². The summed E-state index contributed by atoms with van der Waals surface area (Å²) < 4.78 is 5.09. The zero-order valence-corrected chi connectivity index (χ0v) is 10.8. The van der Waals surface area contributed by atoms with Gasteiger partial charge in [-0.05, 0) is 31.2 Å². The maximum atomic E-state index is 5.09. The lowest BCUT2D eigenvalue weighted by Crippen LogP contribution is -1.88. The monoisotopic (exact) mass is 230 g/mol. The van der Waals surface area contributed by atoms with Crippen LogP contribution in [0.15, 0.2) is 36.7 Å². The topological polar surface area (TPSA) is 35.0 Å². The molecule has 0 N–H and O–H groups in total. The van der Waals surface area contributed by atoms with Crippen LogP contribution in [0.1, 0.15) is 19.5 Å². The van der Waals surface area contributed by atoms with Crippen LogP contribution in [0.25, 0.3) is 11.3 Å². The van der Waals surface area contributed by atoms with E-state index in [2.05, 4.69) is 9.97 Å². The fourth-order valence-corrected chi connectivity index (χ4v) is 1.30. The molecule has 0 aliphatic heterocycles. The number of benzene rings is 1. The molecule has 0 amide bonds. The molecule has 0 fully saturated rings. The predicted molar refractivity (Wildman–Crippen MR) is 70.1 cm³/mol. The number of methoxy groups -OCH3 is 1. The third kappa shape index (κ3) is 3.55. The van der Waals surface area contributed by atoms with Gasteiger partial charge in [-0.15, -0.1) is 0 Å². The lowest BCUT2D eigenvalue weighted by Gasteiger charge is -2.02. The van der Waals surface area contributed by atoms with Crippen molar-refractivity contribution in [3.63, 3.8) is 0 Å². The van der Waals surface area contributed by atoms with E-state index in [9.17, 15) is 0 Å². The smallest absolute Gasteiger partial charge is 0.118 e. The van der Waals surface area contributed by atoms with Crippen molar-refractivity contribution in [1.29, 1.82) is 0 Å². The van der Waals surface area contributed by atoms with Crippen LogP contribution in [0.3, 0.4) is 0 Å². The Morgan fingerprint density at radius 2 is 1.59 bits per heavy atom. The summed E-state index contributed by atoms with van der Waals surface area (Å²) in [6, 6.07) is 7.77. The molecule has 0 atom stereocenters. The van der Waals surface area contributed by atoms with Crippen LogP contribution in [-0.4, -0.2) is 17.1 Å². The Bertz CT molecular complexity index is 435. The van der Waals surface area contributed by atoms with Crippen LogP contribution >= 0.6 is 0 Å².